The van der Waals surface area contributed by atoms with E-state index >= 15 is 0 Å². The molecule has 1 N–H and O–H groups in total. The van der Waals surface area contributed by atoms with Crippen LogP contribution in [-0.4, -0.2) is 10.3 Å². The Morgan fingerprint density at radius 3 is 2.87 bits per heavy atom. The first-order valence-corrected chi connectivity index (χ1v) is 4.41. The summed E-state index contributed by atoms with van der Waals surface area (Å²) in [6.45, 7) is -0.193. The maximum absolute atomic E-state index is 8.89. The lowest BCUT2D eigenvalue weighted by atomic mass is 10.1. The van der Waals surface area contributed by atoms with Crippen LogP contribution >= 0.6 is 0 Å². The average molecular weight is 200 g/mol. The van der Waals surface area contributed by atoms with Crippen molar-refractivity contribution >= 4 is 0 Å². The van der Waals surface area contributed by atoms with Crippen LogP contribution in [0.2, 0.25) is 0 Å². The third-order valence-corrected chi connectivity index (χ3v) is 2.04. The van der Waals surface area contributed by atoms with Crippen molar-refractivity contribution in [2.45, 2.75) is 6.61 Å². The van der Waals surface area contributed by atoms with Gasteiger partial charge < -0.3 is 9.63 Å². The molecule has 4 heteroatoms. The van der Waals surface area contributed by atoms with Crippen LogP contribution in [0.5, 0.6) is 0 Å². The highest BCUT2D eigenvalue weighted by Gasteiger charge is 2.09. The molecule has 0 saturated carbocycles. The lowest BCUT2D eigenvalue weighted by Crippen LogP contribution is -1.82. The molecule has 0 amide bonds. The number of rotatable bonds is 2. The molecule has 1 aromatic carbocycles. The molecule has 0 aliphatic rings. The number of aliphatic hydroxyl groups is 1. The molecule has 1 aromatic heterocycles. The Kier molecular flexibility index (Phi) is 2.48. The smallest absolute Gasteiger partial charge is 0.162 e. The summed E-state index contributed by atoms with van der Waals surface area (Å²) in [5.41, 5.74) is 1.81. The number of hydrogen-bond acceptors (Lipinski definition) is 4. The molecule has 2 aromatic rings. The molecule has 0 fully saturated rings. The zero-order valence-corrected chi connectivity index (χ0v) is 7.84. The second-order valence-electron chi connectivity index (χ2n) is 2.99. The van der Waals surface area contributed by atoms with Gasteiger partial charge in [0, 0.05) is 11.6 Å². The number of nitriles is 1. The number of aromatic nitrogens is 1. The van der Waals surface area contributed by atoms with Gasteiger partial charge in [0.1, 0.15) is 12.3 Å². The summed E-state index contributed by atoms with van der Waals surface area (Å²) in [7, 11) is 0. The molecule has 15 heavy (non-hydrogen) atoms. The standard InChI is InChI=1S/C11H8N2O2/c12-6-8-3-1-2-4-10(8)11-5-9(7-14)15-13-11/h1-5,14H,7H2. The monoisotopic (exact) mass is 200 g/mol. The second-order valence-corrected chi connectivity index (χ2v) is 2.99. The van der Waals surface area contributed by atoms with E-state index in [0.717, 1.165) is 0 Å². The van der Waals surface area contributed by atoms with Crippen LogP contribution in [0.4, 0.5) is 0 Å². The number of hydrogen-bond donors (Lipinski definition) is 1. The Morgan fingerprint density at radius 2 is 2.20 bits per heavy atom. The van der Waals surface area contributed by atoms with Crippen molar-refractivity contribution in [2.75, 3.05) is 0 Å². The largest absolute Gasteiger partial charge is 0.388 e. The molecule has 0 saturated heterocycles. The fourth-order valence-electron chi connectivity index (χ4n) is 1.32. The quantitative estimate of drug-likeness (QED) is 0.801. The van der Waals surface area contributed by atoms with E-state index in [0.29, 0.717) is 22.6 Å². The first kappa shape index (κ1) is 9.44. The summed E-state index contributed by atoms with van der Waals surface area (Å²) in [6.07, 6.45) is 0. The van der Waals surface area contributed by atoms with E-state index in [1.54, 1.807) is 24.3 Å². The van der Waals surface area contributed by atoms with Gasteiger partial charge in [0.15, 0.2) is 5.76 Å². The van der Waals surface area contributed by atoms with Gasteiger partial charge in [0.2, 0.25) is 0 Å². The van der Waals surface area contributed by atoms with Crippen LogP contribution in [0.3, 0.4) is 0 Å². The first-order chi connectivity index (χ1) is 7.35. The van der Waals surface area contributed by atoms with E-state index < -0.39 is 0 Å². The fraction of sp³-hybridized carbons (Fsp3) is 0.0909. The van der Waals surface area contributed by atoms with Crippen molar-refractivity contribution in [2.24, 2.45) is 0 Å². The molecule has 0 atom stereocenters. The Hall–Kier alpha value is -2.12. The predicted octanol–water partition coefficient (Wildman–Crippen LogP) is 1.71. The number of nitrogens with zero attached hydrogens (tertiary/aromatic N) is 2. The molecule has 0 unspecified atom stereocenters. The summed E-state index contributed by atoms with van der Waals surface area (Å²) < 4.78 is 4.86. The Labute approximate surface area is 86.4 Å². The van der Waals surface area contributed by atoms with E-state index in [2.05, 4.69) is 11.2 Å². The molecule has 0 radical (unpaired) electrons. The fourth-order valence-corrected chi connectivity index (χ4v) is 1.32. The van der Waals surface area contributed by atoms with Crippen molar-refractivity contribution in [1.29, 1.82) is 5.26 Å². The molecule has 1 heterocycles. The molecular weight excluding hydrogens is 192 g/mol. The number of benzene rings is 1. The van der Waals surface area contributed by atoms with Crippen LogP contribution in [-0.2, 0) is 6.61 Å². The van der Waals surface area contributed by atoms with E-state index in [9.17, 15) is 0 Å². The zero-order chi connectivity index (χ0) is 10.7. The van der Waals surface area contributed by atoms with Crippen LogP contribution in [0.25, 0.3) is 11.3 Å². The van der Waals surface area contributed by atoms with Gasteiger partial charge in [-0.05, 0) is 6.07 Å². The van der Waals surface area contributed by atoms with Crippen molar-refractivity contribution in [3.63, 3.8) is 0 Å². The van der Waals surface area contributed by atoms with E-state index in [1.165, 1.54) is 0 Å². The van der Waals surface area contributed by atoms with Crippen molar-refractivity contribution in [3.05, 3.63) is 41.7 Å². The minimum atomic E-state index is -0.193. The minimum Gasteiger partial charge on any atom is -0.388 e. The average Bonchev–Trinajstić information content (AvgIpc) is 2.77. The topological polar surface area (TPSA) is 70.0 Å². The summed E-state index contributed by atoms with van der Waals surface area (Å²) in [5, 5.41) is 21.5. The number of aliphatic hydroxyl groups excluding tert-OH is 1. The van der Waals surface area contributed by atoms with Gasteiger partial charge in [-0.15, -0.1) is 0 Å². The molecular formula is C11H8N2O2. The highest BCUT2D eigenvalue weighted by atomic mass is 16.5. The van der Waals surface area contributed by atoms with E-state index in [-0.39, 0.29) is 6.61 Å². The zero-order valence-electron chi connectivity index (χ0n) is 7.84. The molecule has 0 spiro atoms. The van der Waals surface area contributed by atoms with Gasteiger partial charge >= 0.3 is 0 Å². The van der Waals surface area contributed by atoms with Gasteiger partial charge in [0.25, 0.3) is 0 Å². The Bertz CT molecular complexity index is 511. The maximum atomic E-state index is 8.89. The highest BCUT2D eigenvalue weighted by molar-refractivity contribution is 5.66. The Balaban J connectivity index is 2.49. The van der Waals surface area contributed by atoms with E-state index in [1.807, 2.05) is 6.07 Å². The van der Waals surface area contributed by atoms with Gasteiger partial charge in [-0.1, -0.05) is 23.4 Å². The lowest BCUT2D eigenvalue weighted by Gasteiger charge is -1.96. The van der Waals surface area contributed by atoms with Crippen LogP contribution in [0.15, 0.2) is 34.9 Å². The minimum absolute atomic E-state index is 0.193. The predicted molar refractivity (Wildman–Crippen MR) is 52.6 cm³/mol. The molecule has 74 valence electrons. The SMILES string of the molecule is N#Cc1ccccc1-c1cc(CO)on1. The normalized spacial score (nSPS) is 9.87. The summed E-state index contributed by atoms with van der Waals surface area (Å²) in [6, 6.07) is 10.8. The van der Waals surface area contributed by atoms with Crippen LogP contribution in [0.1, 0.15) is 11.3 Å². The lowest BCUT2D eigenvalue weighted by molar-refractivity contribution is 0.229. The molecule has 0 aliphatic carbocycles. The molecule has 2 rings (SSSR count). The van der Waals surface area contributed by atoms with Gasteiger partial charge in [-0.3, -0.25) is 0 Å². The van der Waals surface area contributed by atoms with Crippen molar-refractivity contribution < 1.29 is 9.63 Å². The highest BCUT2D eigenvalue weighted by Crippen LogP contribution is 2.22. The van der Waals surface area contributed by atoms with Gasteiger partial charge in [-0.2, -0.15) is 5.26 Å². The third kappa shape index (κ3) is 1.73. The van der Waals surface area contributed by atoms with Crippen LogP contribution < -0.4 is 0 Å². The maximum Gasteiger partial charge on any atom is 0.162 e. The molecule has 0 bridgehead atoms. The molecule has 0 aliphatic heterocycles. The summed E-state index contributed by atoms with van der Waals surface area (Å²) in [5.74, 6) is 0.387. The van der Waals surface area contributed by atoms with Crippen LogP contribution in [0, 0.1) is 11.3 Å². The van der Waals surface area contributed by atoms with Gasteiger partial charge in [-0.25, -0.2) is 0 Å². The first-order valence-electron chi connectivity index (χ1n) is 4.41. The van der Waals surface area contributed by atoms with Crippen molar-refractivity contribution in [3.8, 4) is 17.3 Å². The second kappa shape index (κ2) is 3.95. The molecule has 4 nitrogen and oxygen atoms in total. The third-order valence-electron chi connectivity index (χ3n) is 2.04. The van der Waals surface area contributed by atoms with Crippen molar-refractivity contribution in [1.82, 2.24) is 5.16 Å². The summed E-state index contributed by atoms with van der Waals surface area (Å²) in [4.78, 5) is 0. The summed E-state index contributed by atoms with van der Waals surface area (Å²) >= 11 is 0. The van der Waals surface area contributed by atoms with Gasteiger partial charge in [0.05, 0.1) is 11.6 Å². The Morgan fingerprint density at radius 1 is 1.40 bits per heavy atom. The van der Waals surface area contributed by atoms with E-state index in [4.69, 9.17) is 14.9 Å².